The van der Waals surface area contributed by atoms with Gasteiger partial charge >= 0.3 is 0 Å². The van der Waals surface area contributed by atoms with E-state index in [9.17, 15) is 5.26 Å². The van der Waals surface area contributed by atoms with Gasteiger partial charge in [0, 0.05) is 11.4 Å². The summed E-state index contributed by atoms with van der Waals surface area (Å²) >= 11 is 0. The molecule has 26 heavy (non-hydrogen) atoms. The minimum absolute atomic E-state index is 0.528. The van der Waals surface area contributed by atoms with Crippen LogP contribution in [0.4, 0.5) is 11.6 Å². The Morgan fingerprint density at radius 2 is 1.69 bits per heavy atom. The summed E-state index contributed by atoms with van der Waals surface area (Å²) in [6.45, 7) is 13.6. The van der Waals surface area contributed by atoms with Gasteiger partial charge in [-0.15, -0.1) is 0 Å². The van der Waals surface area contributed by atoms with Crippen molar-refractivity contribution >= 4 is 11.6 Å². The molecule has 1 rings (SSSR count). The highest BCUT2D eigenvalue weighted by Crippen LogP contribution is 2.27. The molecule has 4 nitrogen and oxygen atoms in total. The summed E-state index contributed by atoms with van der Waals surface area (Å²) in [5.41, 5.74) is 4.20. The molecule has 4 heteroatoms. The highest BCUT2D eigenvalue weighted by molar-refractivity contribution is 5.68. The molecule has 0 amide bonds. The maximum absolute atomic E-state index is 9.61. The zero-order valence-corrected chi connectivity index (χ0v) is 16.4. The second-order valence-electron chi connectivity index (χ2n) is 5.72. The lowest BCUT2D eigenvalue weighted by Crippen LogP contribution is -2.09. The van der Waals surface area contributed by atoms with E-state index in [2.05, 4.69) is 41.3 Å². The van der Waals surface area contributed by atoms with Gasteiger partial charge in [0.25, 0.3) is 0 Å². The largest absolute Gasteiger partial charge is 0.340 e. The Bertz CT molecular complexity index is 802. The van der Waals surface area contributed by atoms with Gasteiger partial charge in [-0.05, 0) is 63.5 Å². The highest BCUT2D eigenvalue weighted by atomic mass is 15.1. The molecular formula is C22H28N4. The third-order valence-electron chi connectivity index (χ3n) is 3.80. The lowest BCUT2D eigenvalue weighted by atomic mass is 10.1. The van der Waals surface area contributed by atoms with Crippen LogP contribution in [0, 0.1) is 25.2 Å². The number of hydrogen-bond donors (Lipinski definition) is 2. The molecule has 0 unspecified atom stereocenters. The van der Waals surface area contributed by atoms with Crippen LogP contribution >= 0.6 is 0 Å². The summed E-state index contributed by atoms with van der Waals surface area (Å²) < 4.78 is 0. The Kier molecular flexibility index (Phi) is 8.66. The number of hydrogen-bond acceptors (Lipinski definition) is 4. The standard InChI is InChI=1S/C22H28N4/c1-7-11-18(12-8-2)24-21-17(6)16(5)20(15-23)22(26-21)25-19(13-9-3)14-10-4/h7,9-14H,3,8H2,1-2,4-6H3,(H2,24,25,26)/b11-7-,14-10-,18-12+,19-13+. The Morgan fingerprint density at radius 1 is 1.08 bits per heavy atom. The molecule has 0 aliphatic carbocycles. The predicted molar refractivity (Wildman–Crippen MR) is 112 cm³/mol. The van der Waals surface area contributed by atoms with Gasteiger partial charge in [-0.25, -0.2) is 4.98 Å². The zero-order chi connectivity index (χ0) is 19.5. The van der Waals surface area contributed by atoms with Crippen molar-refractivity contribution in [2.75, 3.05) is 10.6 Å². The highest BCUT2D eigenvalue weighted by Gasteiger charge is 2.15. The van der Waals surface area contributed by atoms with Crippen molar-refractivity contribution < 1.29 is 0 Å². The molecule has 1 aromatic rings. The fourth-order valence-electron chi connectivity index (χ4n) is 2.42. The first kappa shape index (κ1) is 21.0. The average molecular weight is 348 g/mol. The van der Waals surface area contributed by atoms with Crippen LogP contribution in [0.3, 0.4) is 0 Å². The van der Waals surface area contributed by atoms with E-state index in [4.69, 9.17) is 0 Å². The van der Waals surface area contributed by atoms with E-state index in [0.717, 1.165) is 34.8 Å². The maximum atomic E-state index is 9.61. The lowest BCUT2D eigenvalue weighted by Gasteiger charge is -2.17. The van der Waals surface area contributed by atoms with E-state index in [1.807, 2.05) is 58.1 Å². The normalized spacial score (nSPS) is 12.5. The van der Waals surface area contributed by atoms with Gasteiger partial charge in [-0.1, -0.05) is 37.8 Å². The van der Waals surface area contributed by atoms with E-state index >= 15 is 0 Å². The van der Waals surface area contributed by atoms with E-state index in [1.165, 1.54) is 0 Å². The third-order valence-corrected chi connectivity index (χ3v) is 3.80. The fraction of sp³-hybridized carbons (Fsp3) is 0.273. The van der Waals surface area contributed by atoms with Crippen LogP contribution in [-0.4, -0.2) is 4.98 Å². The Balaban J connectivity index is 3.45. The summed E-state index contributed by atoms with van der Waals surface area (Å²) in [6.07, 6.45) is 14.4. The molecule has 0 radical (unpaired) electrons. The van der Waals surface area contributed by atoms with Crippen LogP contribution in [0.1, 0.15) is 43.9 Å². The molecular weight excluding hydrogens is 320 g/mol. The summed E-state index contributed by atoms with van der Waals surface area (Å²) in [7, 11) is 0. The van der Waals surface area contributed by atoms with Crippen LogP contribution in [-0.2, 0) is 0 Å². The first-order valence-electron chi connectivity index (χ1n) is 8.75. The number of anilines is 2. The van der Waals surface area contributed by atoms with E-state index < -0.39 is 0 Å². The molecule has 0 spiro atoms. The lowest BCUT2D eigenvalue weighted by molar-refractivity contribution is 1.15. The SMILES string of the molecule is C=C/C=C(\C=C/C)Nc1nc(NC(/C=C\C)=C/CC)c(C)c(C)c1C#N. The number of nitriles is 1. The van der Waals surface area contributed by atoms with E-state index in [0.29, 0.717) is 11.4 Å². The average Bonchev–Trinajstić information content (AvgIpc) is 2.60. The minimum Gasteiger partial charge on any atom is -0.340 e. The zero-order valence-electron chi connectivity index (χ0n) is 16.4. The molecule has 2 N–H and O–H groups in total. The number of nitrogens with one attached hydrogen (secondary N) is 2. The van der Waals surface area contributed by atoms with Crippen LogP contribution in [0.2, 0.25) is 0 Å². The van der Waals surface area contributed by atoms with Crippen LogP contribution < -0.4 is 10.6 Å². The molecule has 1 aromatic heterocycles. The van der Waals surface area contributed by atoms with Crippen molar-refractivity contribution in [3.05, 3.63) is 77.2 Å². The van der Waals surface area contributed by atoms with Gasteiger partial charge in [0.15, 0.2) is 5.82 Å². The van der Waals surface area contributed by atoms with E-state index in [1.54, 1.807) is 6.08 Å². The number of allylic oxidation sites excluding steroid dienone is 7. The summed E-state index contributed by atoms with van der Waals surface area (Å²) in [5, 5.41) is 16.2. The number of aromatic nitrogens is 1. The summed E-state index contributed by atoms with van der Waals surface area (Å²) in [6, 6.07) is 2.27. The molecule has 0 saturated carbocycles. The molecule has 0 aromatic carbocycles. The molecule has 0 saturated heterocycles. The minimum atomic E-state index is 0.528. The van der Waals surface area contributed by atoms with Gasteiger partial charge in [-0.3, -0.25) is 0 Å². The van der Waals surface area contributed by atoms with Crippen LogP contribution in [0.15, 0.2) is 60.5 Å². The maximum Gasteiger partial charge on any atom is 0.151 e. The topological polar surface area (TPSA) is 60.7 Å². The Morgan fingerprint density at radius 3 is 2.23 bits per heavy atom. The smallest absolute Gasteiger partial charge is 0.151 e. The van der Waals surface area contributed by atoms with Gasteiger partial charge in [0.2, 0.25) is 0 Å². The van der Waals surface area contributed by atoms with Crippen molar-refractivity contribution in [1.82, 2.24) is 4.98 Å². The molecule has 0 bridgehead atoms. The molecule has 0 fully saturated rings. The van der Waals surface area contributed by atoms with Gasteiger partial charge in [0.1, 0.15) is 11.9 Å². The summed E-state index contributed by atoms with van der Waals surface area (Å²) in [4.78, 5) is 4.68. The van der Waals surface area contributed by atoms with Gasteiger partial charge in [0.05, 0.1) is 5.56 Å². The van der Waals surface area contributed by atoms with Crippen molar-refractivity contribution in [3.8, 4) is 6.07 Å². The van der Waals surface area contributed by atoms with Crippen molar-refractivity contribution in [3.63, 3.8) is 0 Å². The number of rotatable bonds is 8. The second-order valence-corrected chi connectivity index (χ2v) is 5.72. The van der Waals surface area contributed by atoms with Crippen LogP contribution in [0.25, 0.3) is 0 Å². The molecule has 1 heterocycles. The van der Waals surface area contributed by atoms with Crippen LogP contribution in [0.5, 0.6) is 0 Å². The first-order valence-corrected chi connectivity index (χ1v) is 8.75. The molecule has 0 aliphatic rings. The number of nitrogens with zero attached hydrogens (tertiary/aromatic N) is 2. The quantitative estimate of drug-likeness (QED) is 0.573. The van der Waals surface area contributed by atoms with Crippen molar-refractivity contribution in [1.29, 1.82) is 5.26 Å². The molecule has 0 aliphatic heterocycles. The Hall–Kier alpha value is -3.06. The number of pyridine rings is 1. The monoisotopic (exact) mass is 348 g/mol. The van der Waals surface area contributed by atoms with Crippen molar-refractivity contribution in [2.24, 2.45) is 0 Å². The van der Waals surface area contributed by atoms with Gasteiger partial charge < -0.3 is 10.6 Å². The molecule has 0 atom stereocenters. The van der Waals surface area contributed by atoms with Gasteiger partial charge in [-0.2, -0.15) is 5.26 Å². The third kappa shape index (κ3) is 5.49. The van der Waals surface area contributed by atoms with E-state index in [-0.39, 0.29) is 0 Å². The fourth-order valence-corrected chi connectivity index (χ4v) is 2.42. The van der Waals surface area contributed by atoms with Crippen molar-refractivity contribution in [2.45, 2.75) is 41.0 Å². The second kappa shape index (κ2) is 10.7. The molecule has 136 valence electrons. The Labute approximate surface area is 157 Å². The predicted octanol–water partition coefficient (Wildman–Crippen LogP) is 5.91. The first-order chi connectivity index (χ1) is 12.5. The summed E-state index contributed by atoms with van der Waals surface area (Å²) in [5.74, 6) is 1.26.